The molecule has 12 heteroatoms. The summed E-state index contributed by atoms with van der Waals surface area (Å²) in [7, 11) is -2.69. The molecular weight excluding hydrogens is 632 g/mol. The molecule has 1 unspecified atom stereocenters. The van der Waals surface area contributed by atoms with E-state index < -0.39 is 44.6 Å². The predicted molar refractivity (Wildman–Crippen MR) is 184 cm³/mol. The summed E-state index contributed by atoms with van der Waals surface area (Å²) in [5, 5.41) is 18.0. The molecule has 5 rings (SSSR count). The quantitative estimate of drug-likeness (QED) is 0.0899. The highest BCUT2D eigenvalue weighted by Gasteiger charge is 2.46. The van der Waals surface area contributed by atoms with Gasteiger partial charge in [0.1, 0.15) is 18.8 Å². The number of hydrogen-bond acceptors (Lipinski definition) is 7. The Morgan fingerprint density at radius 3 is 2.27 bits per heavy atom. The van der Waals surface area contributed by atoms with E-state index in [1.807, 2.05) is 74.0 Å². The predicted octanol–water partition coefficient (Wildman–Crippen LogP) is 4.35. The number of nitrogens with zero attached hydrogens (tertiary/aromatic N) is 1. The fourth-order valence-corrected chi connectivity index (χ4v) is 7.36. The second-order valence-corrected chi connectivity index (χ2v) is 15.1. The fourth-order valence-electron chi connectivity index (χ4n) is 6.71. The van der Waals surface area contributed by atoms with E-state index in [9.17, 15) is 27.4 Å². The van der Waals surface area contributed by atoms with Crippen molar-refractivity contribution in [3.8, 4) is 0 Å². The normalized spacial score (nSPS) is 19.9. The number of rotatable bonds is 13. The van der Waals surface area contributed by atoms with Crippen LogP contribution in [0.25, 0.3) is 0 Å². The lowest BCUT2D eigenvalue weighted by molar-refractivity contribution is -0.401. The molecule has 5 N–H and O–H groups in total. The van der Waals surface area contributed by atoms with Gasteiger partial charge in [-0.25, -0.2) is 0 Å². The van der Waals surface area contributed by atoms with Crippen molar-refractivity contribution in [3.05, 3.63) is 94.4 Å². The topological polar surface area (TPSA) is 165 Å². The molecule has 2 aromatic carbocycles. The summed E-state index contributed by atoms with van der Waals surface area (Å²) < 4.78 is 36.1. The van der Waals surface area contributed by atoms with Crippen molar-refractivity contribution in [1.82, 2.24) is 10.6 Å². The number of nitrogens with one attached hydrogen (secondary N) is 3. The molecule has 254 valence electrons. The Kier molecular flexibility index (Phi) is 9.53. The summed E-state index contributed by atoms with van der Waals surface area (Å²) in [4.78, 5) is 38.2. The minimum atomic E-state index is -4.62. The van der Waals surface area contributed by atoms with E-state index in [4.69, 9.17) is 5.11 Å². The number of aliphatic carboxylic acids is 1. The molecule has 0 saturated carbocycles. The molecule has 3 aliphatic rings. The molecule has 2 heterocycles. The van der Waals surface area contributed by atoms with Crippen LogP contribution in [0.15, 0.2) is 83.2 Å². The van der Waals surface area contributed by atoms with Crippen molar-refractivity contribution in [2.75, 3.05) is 24.7 Å². The second kappa shape index (κ2) is 13.2. The number of carbonyl (C=O) groups is 3. The average Bonchev–Trinajstić information content (AvgIpc) is 3.38. The summed E-state index contributed by atoms with van der Waals surface area (Å²) in [6, 6.07) is 14.4. The van der Waals surface area contributed by atoms with Gasteiger partial charge >= 0.3 is 5.97 Å². The van der Waals surface area contributed by atoms with Crippen LogP contribution in [0.1, 0.15) is 64.5 Å². The SMILES string of the molecule is C[N+]1=C(/C=C2\C(=O)C(/C=C3/Nc4ccccc4C3(C)C)=C2NC(CS(=O)(=O)O)C(=O)NCCCCCC(=O)O)C(C)(C)c2ccccc21. The first-order valence-electron chi connectivity index (χ1n) is 16.0. The number of carbonyl (C=O) groups excluding carboxylic acids is 2. The molecule has 0 aromatic heterocycles. The van der Waals surface area contributed by atoms with Gasteiger partial charge in [-0.15, -0.1) is 0 Å². The van der Waals surface area contributed by atoms with Crippen LogP contribution >= 0.6 is 0 Å². The third kappa shape index (κ3) is 6.86. The first-order valence-corrected chi connectivity index (χ1v) is 17.6. The molecule has 0 bridgehead atoms. The van der Waals surface area contributed by atoms with E-state index >= 15 is 0 Å². The van der Waals surface area contributed by atoms with E-state index in [1.54, 1.807) is 12.2 Å². The number of para-hydroxylation sites is 2. The molecule has 2 aromatic rings. The standard InChI is InChI=1S/C36H42N4O7S/c1-35(2)24-13-8-10-15-26(24)38-29(35)19-22-32(39-27(21-48(45,46)47)34(44)37-18-12-6-7-17-31(41)42)23(33(22)43)20-30-36(3,4)25-14-9-11-16-28(25)40(30)5/h8-11,13-16,19-20,27H,6-7,12,17-18,21H2,1-5H3,(H4,37,39,41,42,43,44,45,46,47)/p+1. The number of allylic oxidation sites excluding steroid dienone is 5. The van der Waals surface area contributed by atoms with Crippen LogP contribution in [0.3, 0.4) is 0 Å². The molecule has 0 radical (unpaired) electrons. The molecule has 1 atom stereocenters. The minimum Gasteiger partial charge on any atom is -0.481 e. The number of anilines is 1. The Hall–Kier alpha value is -4.55. The van der Waals surface area contributed by atoms with Gasteiger partial charge in [0.25, 0.3) is 10.1 Å². The lowest BCUT2D eigenvalue weighted by Crippen LogP contribution is -2.50. The Morgan fingerprint density at radius 2 is 1.62 bits per heavy atom. The summed E-state index contributed by atoms with van der Waals surface area (Å²) >= 11 is 0. The first-order chi connectivity index (χ1) is 22.5. The number of fused-ring (bicyclic) bond motifs is 2. The molecule has 48 heavy (non-hydrogen) atoms. The van der Waals surface area contributed by atoms with E-state index in [0.717, 1.165) is 33.9 Å². The van der Waals surface area contributed by atoms with Crippen molar-refractivity contribution in [2.45, 2.75) is 70.3 Å². The molecule has 0 saturated heterocycles. The van der Waals surface area contributed by atoms with Gasteiger partial charge < -0.3 is 21.1 Å². The summed E-state index contributed by atoms with van der Waals surface area (Å²) in [5.74, 6) is -2.76. The largest absolute Gasteiger partial charge is 0.481 e. The maximum atomic E-state index is 14.0. The van der Waals surface area contributed by atoms with Crippen LogP contribution in [-0.4, -0.2) is 71.4 Å². The zero-order valence-electron chi connectivity index (χ0n) is 27.9. The summed E-state index contributed by atoms with van der Waals surface area (Å²) in [5.41, 5.74) is 5.64. The Morgan fingerprint density at radius 1 is 0.958 bits per heavy atom. The maximum absolute atomic E-state index is 14.0. The van der Waals surface area contributed by atoms with Crippen molar-refractivity contribution in [3.63, 3.8) is 0 Å². The third-order valence-electron chi connectivity index (χ3n) is 9.46. The lowest BCUT2D eigenvalue weighted by atomic mass is 9.77. The third-order valence-corrected chi connectivity index (χ3v) is 10.2. The number of benzene rings is 2. The Labute approximate surface area is 281 Å². The van der Waals surface area contributed by atoms with Crippen molar-refractivity contribution >= 4 is 44.9 Å². The van der Waals surface area contributed by atoms with Gasteiger partial charge in [-0.1, -0.05) is 56.7 Å². The van der Waals surface area contributed by atoms with Crippen molar-refractivity contribution < 1.29 is 37.0 Å². The van der Waals surface area contributed by atoms with Crippen LogP contribution in [0.5, 0.6) is 0 Å². The number of carboxylic acid groups (broad SMARTS) is 1. The second-order valence-electron chi connectivity index (χ2n) is 13.6. The van der Waals surface area contributed by atoms with Gasteiger partial charge in [0.15, 0.2) is 11.5 Å². The molecule has 0 spiro atoms. The zero-order valence-corrected chi connectivity index (χ0v) is 28.7. The number of hydrogen-bond donors (Lipinski definition) is 5. The van der Waals surface area contributed by atoms with Gasteiger partial charge in [-0.3, -0.25) is 18.9 Å². The van der Waals surface area contributed by atoms with E-state index in [0.29, 0.717) is 30.5 Å². The van der Waals surface area contributed by atoms with E-state index in [2.05, 4.69) is 29.8 Å². The molecule has 0 fully saturated rings. The molecule has 1 amide bonds. The Bertz CT molecular complexity index is 1920. The van der Waals surface area contributed by atoms with E-state index in [1.165, 1.54) is 0 Å². The minimum absolute atomic E-state index is 0.0171. The van der Waals surface area contributed by atoms with Crippen LogP contribution in [-0.2, 0) is 35.3 Å². The first kappa shape index (κ1) is 34.8. The van der Waals surface area contributed by atoms with Gasteiger partial charge in [0, 0.05) is 53.0 Å². The highest BCUT2D eigenvalue weighted by atomic mass is 32.2. The van der Waals surface area contributed by atoms with Gasteiger partial charge in [0.2, 0.25) is 11.6 Å². The van der Waals surface area contributed by atoms with Gasteiger partial charge in [-0.05, 0) is 44.4 Å². The number of ketones is 1. The van der Waals surface area contributed by atoms with E-state index in [-0.39, 0.29) is 24.3 Å². The summed E-state index contributed by atoms with van der Waals surface area (Å²) in [6.07, 6.45) is 5.05. The molecule has 1 aliphatic carbocycles. The van der Waals surface area contributed by atoms with Crippen molar-refractivity contribution in [2.24, 2.45) is 0 Å². The van der Waals surface area contributed by atoms with Gasteiger partial charge in [0.05, 0.1) is 16.7 Å². The number of amides is 1. The van der Waals surface area contributed by atoms with Gasteiger partial charge in [-0.2, -0.15) is 13.0 Å². The number of carboxylic acids is 1. The molecule has 2 aliphatic heterocycles. The van der Waals surface area contributed by atoms with Crippen LogP contribution < -0.4 is 16.0 Å². The average molecular weight is 676 g/mol. The van der Waals surface area contributed by atoms with Crippen LogP contribution in [0.4, 0.5) is 11.4 Å². The maximum Gasteiger partial charge on any atom is 0.303 e. The highest BCUT2D eigenvalue weighted by Crippen LogP contribution is 2.45. The zero-order chi connectivity index (χ0) is 35.0. The number of unbranched alkanes of at least 4 members (excludes halogenated alkanes) is 2. The molecule has 11 nitrogen and oxygen atoms in total. The number of Topliss-reactive ketones (excluding diaryl/α,β-unsaturated/α-hetero) is 1. The van der Waals surface area contributed by atoms with Crippen molar-refractivity contribution in [1.29, 1.82) is 0 Å². The Balaban J connectivity index is 1.53. The molecular formula is C36H43N4O7S+. The lowest BCUT2D eigenvalue weighted by Gasteiger charge is -2.30. The smallest absolute Gasteiger partial charge is 0.303 e. The monoisotopic (exact) mass is 675 g/mol. The van der Waals surface area contributed by atoms with Crippen LogP contribution in [0.2, 0.25) is 0 Å². The fraction of sp³-hybridized carbons (Fsp3) is 0.389. The van der Waals surface area contributed by atoms with Crippen LogP contribution in [0, 0.1) is 0 Å². The highest BCUT2D eigenvalue weighted by molar-refractivity contribution is 7.85. The summed E-state index contributed by atoms with van der Waals surface area (Å²) in [6.45, 7) is 8.40.